The second-order valence-electron chi connectivity index (χ2n) is 5.80. The van der Waals surface area contributed by atoms with Gasteiger partial charge in [-0.25, -0.2) is 9.78 Å². The normalized spacial score (nSPS) is 10.5. The molecular weight excluding hydrogens is 330 g/mol. The summed E-state index contributed by atoms with van der Waals surface area (Å²) in [6.07, 6.45) is 0. The zero-order valence-corrected chi connectivity index (χ0v) is 15.4. The largest absolute Gasteiger partial charge is 0.328 e. The lowest BCUT2D eigenvalue weighted by atomic mass is 10.1. The van der Waals surface area contributed by atoms with Crippen LogP contribution in [0.2, 0.25) is 0 Å². The molecule has 0 saturated heterocycles. The molecule has 0 unspecified atom stereocenters. The molecule has 1 heterocycles. The third-order valence-corrected chi connectivity index (χ3v) is 5.06. The van der Waals surface area contributed by atoms with Crippen molar-refractivity contribution in [2.45, 2.75) is 20.8 Å². The van der Waals surface area contributed by atoms with Gasteiger partial charge in [0.25, 0.3) is 0 Å². The van der Waals surface area contributed by atoms with Crippen LogP contribution in [-0.2, 0) is 0 Å². The van der Waals surface area contributed by atoms with E-state index in [1.54, 1.807) is 4.90 Å². The summed E-state index contributed by atoms with van der Waals surface area (Å²) in [5.41, 5.74) is 5.01. The Morgan fingerprint density at radius 1 is 1.12 bits per heavy atom. The number of hydrogen-bond acceptors (Lipinski definition) is 3. The molecule has 4 nitrogen and oxygen atoms in total. The number of anilines is 2. The van der Waals surface area contributed by atoms with E-state index >= 15 is 0 Å². The molecule has 1 aromatic heterocycles. The number of amides is 2. The summed E-state index contributed by atoms with van der Waals surface area (Å²) in [6, 6.07) is 15.7. The van der Waals surface area contributed by atoms with Crippen molar-refractivity contribution >= 4 is 28.2 Å². The second kappa shape index (κ2) is 7.49. The van der Waals surface area contributed by atoms with E-state index in [2.05, 4.69) is 10.3 Å². The van der Waals surface area contributed by atoms with Crippen LogP contribution in [0.1, 0.15) is 18.1 Å². The number of nitrogens with one attached hydrogen (secondary N) is 1. The monoisotopic (exact) mass is 351 g/mol. The quantitative estimate of drug-likeness (QED) is 0.676. The van der Waals surface area contributed by atoms with Gasteiger partial charge in [0.05, 0.1) is 5.69 Å². The smallest absolute Gasteiger partial charge is 0.307 e. The molecule has 0 fully saturated rings. The number of urea groups is 1. The summed E-state index contributed by atoms with van der Waals surface area (Å²) in [7, 11) is 0. The zero-order chi connectivity index (χ0) is 17.8. The Kier molecular flexibility index (Phi) is 5.14. The summed E-state index contributed by atoms with van der Waals surface area (Å²) in [6.45, 7) is 6.55. The lowest BCUT2D eigenvalue weighted by Crippen LogP contribution is -2.34. The van der Waals surface area contributed by atoms with Gasteiger partial charge in [-0.15, -0.1) is 11.3 Å². The summed E-state index contributed by atoms with van der Waals surface area (Å²) in [5, 5.41) is 5.69. The highest BCUT2D eigenvalue weighted by molar-refractivity contribution is 7.14. The summed E-state index contributed by atoms with van der Waals surface area (Å²) < 4.78 is 0. The van der Waals surface area contributed by atoms with Crippen molar-refractivity contribution < 1.29 is 4.79 Å². The Balaban J connectivity index is 1.81. The lowest BCUT2D eigenvalue weighted by Gasteiger charge is -2.19. The molecule has 0 bridgehead atoms. The molecule has 0 aliphatic rings. The van der Waals surface area contributed by atoms with E-state index in [1.165, 1.54) is 11.3 Å². The molecule has 0 aliphatic carbocycles. The van der Waals surface area contributed by atoms with Crippen molar-refractivity contribution in [1.82, 2.24) is 4.98 Å². The van der Waals surface area contributed by atoms with E-state index in [-0.39, 0.29) is 6.03 Å². The molecule has 3 rings (SSSR count). The van der Waals surface area contributed by atoms with Gasteiger partial charge in [0.15, 0.2) is 5.13 Å². The first-order chi connectivity index (χ1) is 12.1. The van der Waals surface area contributed by atoms with Crippen molar-refractivity contribution in [2.24, 2.45) is 0 Å². The predicted molar refractivity (Wildman–Crippen MR) is 106 cm³/mol. The highest BCUT2D eigenvalue weighted by Crippen LogP contribution is 2.28. The molecule has 128 valence electrons. The van der Waals surface area contributed by atoms with Gasteiger partial charge in [0, 0.05) is 23.2 Å². The predicted octanol–water partition coefficient (Wildman–Crippen LogP) is 5.49. The number of thiazole rings is 1. The second-order valence-corrected chi connectivity index (χ2v) is 6.64. The van der Waals surface area contributed by atoms with Gasteiger partial charge in [-0.1, -0.05) is 42.5 Å². The molecule has 0 radical (unpaired) electrons. The summed E-state index contributed by atoms with van der Waals surface area (Å²) in [4.78, 5) is 19.0. The zero-order valence-electron chi connectivity index (χ0n) is 14.6. The van der Waals surface area contributed by atoms with Crippen LogP contribution in [0.3, 0.4) is 0 Å². The minimum Gasteiger partial charge on any atom is -0.307 e. The lowest BCUT2D eigenvalue weighted by molar-refractivity contribution is 0.257. The molecule has 5 heteroatoms. The van der Waals surface area contributed by atoms with Crippen molar-refractivity contribution in [1.29, 1.82) is 0 Å². The van der Waals surface area contributed by atoms with E-state index in [9.17, 15) is 4.79 Å². The number of hydrogen-bond donors (Lipinski definition) is 1. The number of nitrogens with zero attached hydrogens (tertiary/aromatic N) is 2. The first kappa shape index (κ1) is 17.2. The van der Waals surface area contributed by atoms with Crippen LogP contribution in [0.15, 0.2) is 53.9 Å². The van der Waals surface area contributed by atoms with Gasteiger partial charge >= 0.3 is 6.03 Å². The van der Waals surface area contributed by atoms with E-state index < -0.39 is 0 Å². The minimum atomic E-state index is -0.162. The van der Waals surface area contributed by atoms with E-state index in [0.717, 1.165) is 28.1 Å². The Morgan fingerprint density at radius 3 is 2.60 bits per heavy atom. The van der Waals surface area contributed by atoms with Crippen LogP contribution in [0.4, 0.5) is 15.6 Å². The first-order valence-corrected chi connectivity index (χ1v) is 9.13. The van der Waals surface area contributed by atoms with Gasteiger partial charge < -0.3 is 5.32 Å². The van der Waals surface area contributed by atoms with Gasteiger partial charge in [-0.2, -0.15) is 0 Å². The van der Waals surface area contributed by atoms with Gasteiger partial charge in [0.2, 0.25) is 0 Å². The van der Waals surface area contributed by atoms with Crippen molar-refractivity contribution in [3.8, 4) is 11.3 Å². The number of benzene rings is 2. The average molecular weight is 351 g/mol. The van der Waals surface area contributed by atoms with Crippen LogP contribution in [0.25, 0.3) is 11.3 Å². The maximum absolute atomic E-state index is 12.7. The third kappa shape index (κ3) is 3.72. The van der Waals surface area contributed by atoms with Crippen LogP contribution < -0.4 is 10.2 Å². The van der Waals surface area contributed by atoms with Crippen molar-refractivity contribution in [3.05, 3.63) is 65.0 Å². The Labute approximate surface area is 152 Å². The van der Waals surface area contributed by atoms with E-state index in [4.69, 9.17) is 0 Å². The molecule has 25 heavy (non-hydrogen) atoms. The third-order valence-electron chi connectivity index (χ3n) is 4.20. The molecular formula is C20H21N3OS. The highest BCUT2D eigenvalue weighted by atomic mass is 32.1. The van der Waals surface area contributed by atoms with E-state index in [0.29, 0.717) is 11.7 Å². The molecule has 2 amide bonds. The molecule has 1 N–H and O–H groups in total. The molecule has 3 aromatic rings. The minimum absolute atomic E-state index is 0.162. The standard InChI is InChI=1S/C20H21N3OS/c1-4-23(19(24)21-17-12-8-9-14(2)15(17)3)20-22-18(13-25-20)16-10-6-5-7-11-16/h5-13H,4H2,1-3H3,(H,21,24). The molecule has 0 aliphatic heterocycles. The number of carbonyl (C=O) groups excluding carboxylic acids is 1. The summed E-state index contributed by atoms with van der Waals surface area (Å²) in [5.74, 6) is 0. The maximum Gasteiger partial charge on any atom is 0.328 e. The topological polar surface area (TPSA) is 45.2 Å². The fraction of sp³-hybridized carbons (Fsp3) is 0.200. The fourth-order valence-corrected chi connectivity index (χ4v) is 3.46. The van der Waals surface area contributed by atoms with E-state index in [1.807, 2.05) is 74.7 Å². The average Bonchev–Trinajstić information content (AvgIpc) is 3.10. The van der Waals surface area contributed by atoms with Gasteiger partial charge in [-0.3, -0.25) is 4.90 Å². The number of rotatable bonds is 4. The van der Waals surface area contributed by atoms with Crippen LogP contribution in [-0.4, -0.2) is 17.6 Å². The van der Waals surface area contributed by atoms with Crippen molar-refractivity contribution in [2.75, 3.05) is 16.8 Å². The number of carbonyl (C=O) groups is 1. The SMILES string of the molecule is CCN(C(=O)Nc1cccc(C)c1C)c1nc(-c2ccccc2)cs1. The van der Waals surface area contributed by atoms with Gasteiger partial charge in [-0.05, 0) is 38.0 Å². The molecule has 0 saturated carbocycles. The summed E-state index contributed by atoms with van der Waals surface area (Å²) >= 11 is 1.48. The fourth-order valence-electron chi connectivity index (χ4n) is 2.56. The molecule has 0 atom stereocenters. The highest BCUT2D eigenvalue weighted by Gasteiger charge is 2.18. The maximum atomic E-state index is 12.7. The van der Waals surface area contributed by atoms with Gasteiger partial charge in [0.1, 0.15) is 0 Å². The molecule has 2 aromatic carbocycles. The Hall–Kier alpha value is -2.66. The first-order valence-electron chi connectivity index (χ1n) is 8.26. The Morgan fingerprint density at radius 2 is 1.88 bits per heavy atom. The van der Waals surface area contributed by atoms with Crippen LogP contribution in [0, 0.1) is 13.8 Å². The molecule has 0 spiro atoms. The number of aryl methyl sites for hydroxylation is 1. The number of aromatic nitrogens is 1. The van der Waals surface area contributed by atoms with Crippen LogP contribution >= 0.6 is 11.3 Å². The Bertz CT molecular complexity index is 874. The van der Waals surface area contributed by atoms with Crippen molar-refractivity contribution in [3.63, 3.8) is 0 Å². The van der Waals surface area contributed by atoms with Crippen LogP contribution in [0.5, 0.6) is 0 Å².